The third-order valence-corrected chi connectivity index (χ3v) is 3.66. The number of fused-ring (bicyclic) bond motifs is 4. The molecule has 0 spiro atoms. The normalized spacial score (nSPS) is 9.44. The van der Waals surface area contributed by atoms with E-state index in [-0.39, 0.29) is 0 Å². The fourth-order valence-electron chi connectivity index (χ4n) is 2.83. The van der Waals surface area contributed by atoms with Crippen LogP contribution in [0.25, 0.3) is 21.9 Å². The highest BCUT2D eigenvalue weighted by molar-refractivity contribution is 5.91. The van der Waals surface area contributed by atoms with Crippen LogP contribution in [0.5, 0.6) is 0 Å². The lowest BCUT2D eigenvalue weighted by atomic mass is 10.0. The lowest BCUT2D eigenvalue weighted by Gasteiger charge is -2.03. The fourth-order valence-corrected chi connectivity index (χ4v) is 2.83. The molecule has 1 aliphatic carbocycles. The summed E-state index contributed by atoms with van der Waals surface area (Å²) < 4.78 is 0. The van der Waals surface area contributed by atoms with Crippen LogP contribution >= 0.6 is 0 Å². The Morgan fingerprint density at radius 1 is 0.480 bits per heavy atom. The molecule has 0 heteroatoms. The average Bonchev–Trinajstić information content (AvgIpc) is 3.10. The zero-order valence-electron chi connectivity index (χ0n) is 17.5. The van der Waals surface area contributed by atoms with Gasteiger partial charge in [-0.15, -0.1) is 0 Å². The summed E-state index contributed by atoms with van der Waals surface area (Å²) in [6.45, 7) is 16.0. The van der Waals surface area contributed by atoms with Gasteiger partial charge >= 0.3 is 0 Å². The highest BCUT2D eigenvalue weighted by Crippen LogP contribution is 2.38. The van der Waals surface area contributed by atoms with Crippen LogP contribution in [0.2, 0.25) is 0 Å². The van der Waals surface area contributed by atoms with Crippen LogP contribution in [0.4, 0.5) is 0 Å². The van der Waals surface area contributed by atoms with Gasteiger partial charge in [-0.05, 0) is 45.5 Å². The second kappa shape index (κ2) is 13.2. The molecule has 0 radical (unpaired) electrons. The molecule has 0 bridgehead atoms. The molecule has 0 heterocycles. The summed E-state index contributed by atoms with van der Waals surface area (Å²) in [7, 11) is 0. The van der Waals surface area contributed by atoms with Crippen molar-refractivity contribution in [3.05, 3.63) is 71.8 Å². The molecule has 3 aromatic rings. The lowest BCUT2D eigenvalue weighted by molar-refractivity contribution is 1.27. The molecule has 0 aliphatic heterocycles. The SMILES string of the molecule is CC.CC.CC.CC.c1ccc2c(c1)Cc1cc3ccccc3cc1-2. The predicted octanol–water partition coefficient (Wildman–Crippen LogP) is 8.52. The molecule has 0 nitrogen and oxygen atoms in total. The summed E-state index contributed by atoms with van der Waals surface area (Å²) in [4.78, 5) is 0. The van der Waals surface area contributed by atoms with E-state index in [9.17, 15) is 0 Å². The van der Waals surface area contributed by atoms with Gasteiger partial charge in [0.1, 0.15) is 0 Å². The van der Waals surface area contributed by atoms with Gasteiger partial charge in [0.15, 0.2) is 0 Å². The van der Waals surface area contributed by atoms with Gasteiger partial charge in [0.05, 0.1) is 0 Å². The topological polar surface area (TPSA) is 0 Å². The maximum atomic E-state index is 2.34. The highest BCUT2D eigenvalue weighted by Gasteiger charge is 2.17. The molecule has 4 rings (SSSR count). The Hall–Kier alpha value is -2.08. The molecule has 0 N–H and O–H groups in total. The van der Waals surface area contributed by atoms with E-state index in [1.807, 2.05) is 55.4 Å². The van der Waals surface area contributed by atoms with Gasteiger partial charge in [-0.1, -0.05) is 110 Å². The van der Waals surface area contributed by atoms with Gasteiger partial charge in [0, 0.05) is 0 Å². The molecule has 0 aromatic heterocycles. The molecular weight excluding hydrogens is 300 g/mol. The Bertz CT molecular complexity index is 723. The van der Waals surface area contributed by atoms with E-state index in [1.165, 1.54) is 33.0 Å². The fraction of sp³-hybridized carbons (Fsp3) is 0.360. The average molecular weight is 337 g/mol. The van der Waals surface area contributed by atoms with Crippen LogP contribution in [-0.2, 0) is 6.42 Å². The molecule has 3 aromatic carbocycles. The first-order valence-corrected chi connectivity index (χ1v) is 10.0. The van der Waals surface area contributed by atoms with Gasteiger partial charge in [0.2, 0.25) is 0 Å². The van der Waals surface area contributed by atoms with Gasteiger partial charge in [-0.3, -0.25) is 0 Å². The molecule has 0 saturated heterocycles. The van der Waals surface area contributed by atoms with Gasteiger partial charge in [0.25, 0.3) is 0 Å². The minimum absolute atomic E-state index is 1.08. The molecule has 25 heavy (non-hydrogen) atoms. The Kier molecular flexibility index (Phi) is 12.1. The lowest BCUT2D eigenvalue weighted by Crippen LogP contribution is -1.81. The molecule has 136 valence electrons. The van der Waals surface area contributed by atoms with E-state index in [0.717, 1.165) is 6.42 Å². The Morgan fingerprint density at radius 3 is 1.56 bits per heavy atom. The van der Waals surface area contributed by atoms with Crippen LogP contribution < -0.4 is 0 Å². The second-order valence-corrected chi connectivity index (χ2v) is 4.69. The molecule has 0 unspecified atom stereocenters. The summed E-state index contributed by atoms with van der Waals surface area (Å²) >= 11 is 0. The molecule has 0 amide bonds. The van der Waals surface area contributed by atoms with Crippen LogP contribution in [0.1, 0.15) is 66.5 Å². The zero-order chi connectivity index (χ0) is 19.2. The highest BCUT2D eigenvalue weighted by atomic mass is 14.2. The molecular formula is C25H36. The predicted molar refractivity (Wildman–Crippen MR) is 118 cm³/mol. The first-order chi connectivity index (χ1) is 12.4. The largest absolute Gasteiger partial charge is 0.0683 e. The number of hydrogen-bond acceptors (Lipinski definition) is 0. The summed E-state index contributed by atoms with van der Waals surface area (Å²) in [5, 5.41) is 2.68. The monoisotopic (exact) mass is 336 g/mol. The minimum Gasteiger partial charge on any atom is -0.0683 e. The summed E-state index contributed by atoms with van der Waals surface area (Å²) in [6.07, 6.45) is 1.08. The summed E-state index contributed by atoms with van der Waals surface area (Å²) in [5.41, 5.74) is 5.75. The Labute approximate surface area is 155 Å². The zero-order valence-corrected chi connectivity index (χ0v) is 17.5. The molecule has 0 saturated carbocycles. The van der Waals surface area contributed by atoms with E-state index in [1.54, 1.807) is 0 Å². The van der Waals surface area contributed by atoms with Crippen molar-refractivity contribution in [3.63, 3.8) is 0 Å². The standard InChI is InChI=1S/C17H12.4C2H6/c1-2-6-13-11-17-15(9-12(13)5-1)10-14-7-3-4-8-16(14)17;4*1-2/h1-9,11H,10H2;4*1-2H3. The Balaban J connectivity index is 0.000000642. The van der Waals surface area contributed by atoms with E-state index >= 15 is 0 Å². The third-order valence-electron chi connectivity index (χ3n) is 3.66. The summed E-state index contributed by atoms with van der Waals surface area (Å²) in [5.74, 6) is 0. The second-order valence-electron chi connectivity index (χ2n) is 4.69. The first-order valence-electron chi connectivity index (χ1n) is 10.0. The van der Waals surface area contributed by atoms with Crippen molar-refractivity contribution in [1.82, 2.24) is 0 Å². The quantitative estimate of drug-likeness (QED) is 0.302. The smallest absolute Gasteiger partial charge is 0.00132 e. The van der Waals surface area contributed by atoms with Crippen LogP contribution in [0.15, 0.2) is 60.7 Å². The minimum atomic E-state index is 1.08. The number of rotatable bonds is 0. The van der Waals surface area contributed by atoms with E-state index < -0.39 is 0 Å². The van der Waals surface area contributed by atoms with Gasteiger partial charge in [-0.25, -0.2) is 0 Å². The number of benzene rings is 3. The van der Waals surface area contributed by atoms with Crippen LogP contribution in [-0.4, -0.2) is 0 Å². The summed E-state index contributed by atoms with van der Waals surface area (Å²) in [6, 6.07) is 22.0. The van der Waals surface area contributed by atoms with Gasteiger partial charge in [-0.2, -0.15) is 0 Å². The first kappa shape index (κ1) is 22.9. The van der Waals surface area contributed by atoms with Crippen molar-refractivity contribution in [2.75, 3.05) is 0 Å². The van der Waals surface area contributed by atoms with Crippen molar-refractivity contribution in [1.29, 1.82) is 0 Å². The third kappa shape index (κ3) is 5.46. The van der Waals surface area contributed by atoms with Crippen LogP contribution in [0, 0.1) is 0 Å². The van der Waals surface area contributed by atoms with E-state index in [4.69, 9.17) is 0 Å². The van der Waals surface area contributed by atoms with Crippen molar-refractivity contribution in [2.45, 2.75) is 61.8 Å². The maximum Gasteiger partial charge on any atom is -0.00132 e. The Morgan fingerprint density at radius 2 is 0.960 bits per heavy atom. The van der Waals surface area contributed by atoms with Crippen molar-refractivity contribution < 1.29 is 0 Å². The molecule has 0 atom stereocenters. The maximum absolute atomic E-state index is 2.34. The van der Waals surface area contributed by atoms with Gasteiger partial charge < -0.3 is 0 Å². The van der Waals surface area contributed by atoms with Crippen molar-refractivity contribution in [3.8, 4) is 11.1 Å². The van der Waals surface area contributed by atoms with Crippen LogP contribution in [0.3, 0.4) is 0 Å². The van der Waals surface area contributed by atoms with E-state index in [2.05, 4.69) is 60.7 Å². The van der Waals surface area contributed by atoms with E-state index in [0.29, 0.717) is 0 Å². The number of hydrogen-bond donors (Lipinski definition) is 0. The molecule has 0 fully saturated rings. The van der Waals surface area contributed by atoms with Crippen molar-refractivity contribution >= 4 is 10.8 Å². The van der Waals surface area contributed by atoms with Crippen molar-refractivity contribution in [2.24, 2.45) is 0 Å². The molecule has 1 aliphatic rings.